The summed E-state index contributed by atoms with van der Waals surface area (Å²) in [6.07, 6.45) is 5.88. The van der Waals surface area contributed by atoms with Crippen LogP contribution >= 0.6 is 0 Å². The molecule has 0 saturated carbocycles. The molecule has 0 heterocycles. The molecule has 52 heavy (non-hydrogen) atoms. The van der Waals surface area contributed by atoms with Gasteiger partial charge in [-0.15, -0.1) is 0 Å². The van der Waals surface area contributed by atoms with Crippen LogP contribution < -0.4 is 10.6 Å². The molecule has 0 radical (unpaired) electrons. The molecular weight excluding hydrogens is 645 g/mol. The third-order valence-corrected chi connectivity index (χ3v) is 8.73. The van der Waals surface area contributed by atoms with E-state index < -0.39 is 5.97 Å². The van der Waals surface area contributed by atoms with Crippen LogP contribution in [0, 0.1) is 6.92 Å². The number of benzene rings is 6. The van der Waals surface area contributed by atoms with Crippen molar-refractivity contribution in [1.29, 1.82) is 0 Å². The van der Waals surface area contributed by atoms with E-state index in [0.29, 0.717) is 16.8 Å². The predicted octanol–water partition coefficient (Wildman–Crippen LogP) is 10.2. The highest BCUT2D eigenvalue weighted by Gasteiger charge is 2.14. The minimum atomic E-state index is -1.06. The quantitative estimate of drug-likeness (QED) is 0.113. The molecule has 6 rings (SSSR count). The normalized spacial score (nSPS) is 10.4. The zero-order valence-corrected chi connectivity index (χ0v) is 29.4. The summed E-state index contributed by atoms with van der Waals surface area (Å²) in [5.74, 6) is -1.45. The van der Waals surface area contributed by atoms with Gasteiger partial charge in [0.05, 0.1) is 11.3 Å². The molecular formula is C46H44N2O4. The summed E-state index contributed by atoms with van der Waals surface area (Å²) in [5.41, 5.74) is 8.45. The topological polar surface area (TPSA) is 95.5 Å². The fourth-order valence-corrected chi connectivity index (χ4v) is 5.85. The first-order valence-electron chi connectivity index (χ1n) is 17.6. The number of aryl methyl sites for hydroxylation is 5. The lowest BCUT2D eigenvalue weighted by atomic mass is 10.0. The highest BCUT2D eigenvalue weighted by molar-refractivity contribution is 6.08. The highest BCUT2D eigenvalue weighted by atomic mass is 16.4. The Morgan fingerprint density at radius 2 is 0.846 bits per heavy atom. The number of hydrogen-bond donors (Lipinski definition) is 3. The average Bonchev–Trinajstić information content (AvgIpc) is 3.18. The number of carbonyl (C=O) groups excluding carboxylic acids is 2. The number of carboxylic acid groups (broad SMARTS) is 1. The van der Waals surface area contributed by atoms with Crippen molar-refractivity contribution in [2.45, 2.75) is 45.4 Å². The fourth-order valence-electron chi connectivity index (χ4n) is 5.85. The van der Waals surface area contributed by atoms with Gasteiger partial charge in [0.25, 0.3) is 11.8 Å². The summed E-state index contributed by atoms with van der Waals surface area (Å²) < 4.78 is 0. The maximum absolute atomic E-state index is 12.4. The number of carboxylic acids is 1. The van der Waals surface area contributed by atoms with Crippen LogP contribution in [0.5, 0.6) is 0 Å². The van der Waals surface area contributed by atoms with Crippen molar-refractivity contribution in [3.63, 3.8) is 0 Å². The third kappa shape index (κ3) is 11.4. The Kier molecular flexibility index (Phi) is 13.7. The van der Waals surface area contributed by atoms with Crippen molar-refractivity contribution in [3.8, 4) is 0 Å². The molecule has 6 nitrogen and oxygen atoms in total. The van der Waals surface area contributed by atoms with Crippen molar-refractivity contribution in [3.05, 3.63) is 202 Å². The van der Waals surface area contributed by atoms with Crippen LogP contribution in [0.3, 0.4) is 0 Å². The van der Waals surface area contributed by atoms with E-state index in [9.17, 15) is 19.5 Å². The van der Waals surface area contributed by atoms with Gasteiger partial charge < -0.3 is 15.7 Å². The van der Waals surface area contributed by atoms with Crippen molar-refractivity contribution >= 4 is 29.2 Å². The van der Waals surface area contributed by atoms with E-state index in [1.807, 2.05) is 73.7 Å². The molecule has 6 aromatic carbocycles. The van der Waals surface area contributed by atoms with Crippen molar-refractivity contribution in [2.24, 2.45) is 0 Å². The number of amides is 2. The second kappa shape index (κ2) is 19.2. The van der Waals surface area contributed by atoms with Gasteiger partial charge in [-0.05, 0) is 116 Å². The van der Waals surface area contributed by atoms with Gasteiger partial charge in [0, 0.05) is 16.8 Å². The van der Waals surface area contributed by atoms with Crippen LogP contribution in [0.2, 0.25) is 0 Å². The SMILES string of the molecule is Cc1ccc(CCCc2ccccc2)cc1NC(=O)c1ccccc1.O=C(Nc1cc(CCCc2ccccc2)ccc1C(=O)O)c1ccccc1. The molecule has 6 heteroatoms. The standard InChI is InChI=1S/C23H21NO3.C23H23NO/c25-22(19-12-5-2-6-13-19)24-21-16-18(14-15-20(21)23(26)27)11-7-10-17-8-3-1-4-9-17;1-18-15-16-20(12-8-11-19-9-4-2-5-10-19)17-22(18)24-23(25)21-13-6-3-7-14-21/h1-6,8-9,12-16H,7,10-11H2,(H,24,25)(H,26,27);2-7,9-10,13-17H,8,11-12H2,1H3,(H,24,25). The summed E-state index contributed by atoms with van der Waals surface area (Å²) >= 11 is 0. The Morgan fingerprint density at radius 1 is 0.462 bits per heavy atom. The van der Waals surface area contributed by atoms with E-state index in [0.717, 1.165) is 55.3 Å². The molecule has 0 aromatic heterocycles. The predicted molar refractivity (Wildman–Crippen MR) is 210 cm³/mol. The molecule has 0 saturated heterocycles. The largest absolute Gasteiger partial charge is 0.478 e. The molecule has 0 fully saturated rings. The highest BCUT2D eigenvalue weighted by Crippen LogP contribution is 2.22. The molecule has 0 aliphatic rings. The molecule has 0 spiro atoms. The van der Waals surface area contributed by atoms with Crippen molar-refractivity contribution in [2.75, 3.05) is 10.6 Å². The summed E-state index contributed by atoms with van der Waals surface area (Å²) in [7, 11) is 0. The molecule has 0 bridgehead atoms. The minimum Gasteiger partial charge on any atom is -0.478 e. The maximum atomic E-state index is 12.4. The third-order valence-electron chi connectivity index (χ3n) is 8.73. The number of aromatic carboxylic acids is 1. The number of carbonyl (C=O) groups is 3. The Labute approximate surface area is 306 Å². The van der Waals surface area contributed by atoms with Crippen molar-refractivity contribution in [1.82, 2.24) is 0 Å². The number of hydrogen-bond acceptors (Lipinski definition) is 3. The van der Waals surface area contributed by atoms with E-state index in [1.54, 1.807) is 36.4 Å². The number of rotatable bonds is 13. The first kappa shape index (κ1) is 37.0. The second-order valence-corrected chi connectivity index (χ2v) is 12.7. The zero-order chi connectivity index (χ0) is 36.5. The van der Waals surface area contributed by atoms with E-state index >= 15 is 0 Å². The van der Waals surface area contributed by atoms with E-state index in [2.05, 4.69) is 65.2 Å². The van der Waals surface area contributed by atoms with Crippen LogP contribution in [-0.2, 0) is 25.7 Å². The second-order valence-electron chi connectivity index (χ2n) is 12.7. The Bertz CT molecular complexity index is 2050. The van der Waals surface area contributed by atoms with E-state index in [4.69, 9.17) is 0 Å². The first-order chi connectivity index (χ1) is 25.4. The van der Waals surface area contributed by atoms with Gasteiger partial charge in [-0.1, -0.05) is 115 Å². The molecule has 0 aliphatic heterocycles. The Balaban J connectivity index is 0.000000202. The fraction of sp³-hybridized carbons (Fsp3) is 0.152. The van der Waals surface area contributed by atoms with Gasteiger partial charge in [0.2, 0.25) is 0 Å². The van der Waals surface area contributed by atoms with Gasteiger partial charge in [-0.2, -0.15) is 0 Å². The van der Waals surface area contributed by atoms with Crippen LogP contribution in [0.1, 0.15) is 71.7 Å². The molecule has 262 valence electrons. The monoisotopic (exact) mass is 688 g/mol. The van der Waals surface area contributed by atoms with Crippen LogP contribution in [0.25, 0.3) is 0 Å². The van der Waals surface area contributed by atoms with Crippen LogP contribution in [0.4, 0.5) is 11.4 Å². The molecule has 0 unspecified atom stereocenters. The smallest absolute Gasteiger partial charge is 0.337 e. The van der Waals surface area contributed by atoms with Gasteiger partial charge in [0.15, 0.2) is 0 Å². The Morgan fingerprint density at radius 3 is 1.31 bits per heavy atom. The molecule has 3 N–H and O–H groups in total. The van der Waals surface area contributed by atoms with Gasteiger partial charge in [-0.25, -0.2) is 4.79 Å². The number of anilines is 2. The van der Waals surface area contributed by atoms with Crippen LogP contribution in [0.15, 0.2) is 158 Å². The van der Waals surface area contributed by atoms with Gasteiger partial charge in [-0.3, -0.25) is 9.59 Å². The lowest BCUT2D eigenvalue weighted by Gasteiger charge is -2.11. The van der Waals surface area contributed by atoms with Crippen molar-refractivity contribution < 1.29 is 19.5 Å². The summed E-state index contributed by atoms with van der Waals surface area (Å²) in [6.45, 7) is 2.02. The molecule has 0 aliphatic carbocycles. The summed E-state index contributed by atoms with van der Waals surface area (Å²) in [6, 6.07) is 50.3. The molecule has 6 aromatic rings. The maximum Gasteiger partial charge on any atom is 0.337 e. The van der Waals surface area contributed by atoms with Crippen LogP contribution in [-0.4, -0.2) is 22.9 Å². The van der Waals surface area contributed by atoms with E-state index in [1.165, 1.54) is 16.7 Å². The minimum absolute atomic E-state index is 0.0647. The summed E-state index contributed by atoms with van der Waals surface area (Å²) in [5, 5.41) is 15.2. The summed E-state index contributed by atoms with van der Waals surface area (Å²) in [4.78, 5) is 36.3. The zero-order valence-electron chi connectivity index (χ0n) is 29.4. The average molecular weight is 689 g/mol. The van der Waals surface area contributed by atoms with Gasteiger partial charge >= 0.3 is 5.97 Å². The lowest BCUT2D eigenvalue weighted by Crippen LogP contribution is -2.15. The number of nitrogens with one attached hydrogen (secondary N) is 2. The van der Waals surface area contributed by atoms with Gasteiger partial charge in [0.1, 0.15) is 0 Å². The first-order valence-corrected chi connectivity index (χ1v) is 17.6. The lowest BCUT2D eigenvalue weighted by molar-refractivity contribution is 0.0697. The van der Waals surface area contributed by atoms with E-state index in [-0.39, 0.29) is 17.4 Å². The molecule has 0 atom stereocenters. The Hall–Kier alpha value is -6.27. The molecule has 2 amide bonds.